The lowest BCUT2D eigenvalue weighted by Gasteiger charge is -2.19. The van der Waals surface area contributed by atoms with E-state index in [0.717, 1.165) is 37.5 Å². The van der Waals surface area contributed by atoms with Gasteiger partial charge in [0.05, 0.1) is 17.4 Å². The average Bonchev–Trinajstić information content (AvgIpc) is 2.96. The van der Waals surface area contributed by atoms with Crippen LogP contribution in [-0.2, 0) is 19.9 Å². The molecular formula is C24H24F3N5O2. The molecule has 10 heteroatoms. The van der Waals surface area contributed by atoms with Crippen LogP contribution >= 0.6 is 0 Å². The number of hydrogen-bond acceptors (Lipinski definition) is 5. The molecule has 3 aromatic rings. The summed E-state index contributed by atoms with van der Waals surface area (Å²) in [5.74, 6) is 0.256. The van der Waals surface area contributed by atoms with E-state index < -0.39 is 11.9 Å². The molecule has 4 heterocycles. The maximum Gasteiger partial charge on any atom is 0.430 e. The monoisotopic (exact) mass is 471 g/mol. The number of aryl methyl sites for hydroxylation is 1. The topological polar surface area (TPSA) is 73.1 Å². The number of ether oxygens (including phenoxy) is 1. The van der Waals surface area contributed by atoms with Crippen LogP contribution in [0, 0.1) is 0 Å². The fraction of sp³-hybridized carbons (Fsp3) is 0.333. The molecule has 178 valence electrons. The first-order chi connectivity index (χ1) is 16.3. The van der Waals surface area contributed by atoms with Crippen LogP contribution in [0.5, 0.6) is 5.75 Å². The van der Waals surface area contributed by atoms with Crippen LogP contribution in [0.1, 0.15) is 11.3 Å². The molecule has 0 unspecified atom stereocenters. The van der Waals surface area contributed by atoms with E-state index in [-0.39, 0.29) is 24.5 Å². The van der Waals surface area contributed by atoms with Crippen LogP contribution < -0.4 is 20.9 Å². The lowest BCUT2D eigenvalue weighted by Crippen LogP contribution is -2.31. The number of alkyl halides is 3. The Morgan fingerprint density at radius 1 is 1.15 bits per heavy atom. The van der Waals surface area contributed by atoms with Gasteiger partial charge in [-0.3, -0.25) is 4.79 Å². The van der Waals surface area contributed by atoms with Crippen molar-refractivity contribution in [1.29, 1.82) is 0 Å². The number of fused-ring (bicyclic) bond motifs is 3. The van der Waals surface area contributed by atoms with E-state index in [1.165, 1.54) is 39.7 Å². The zero-order valence-corrected chi connectivity index (χ0v) is 18.6. The SMILES string of the molecule is Cn1c2c(c3ccc(-n4ncc(OCC5=CC=C(C(F)(F)F)NC5)cc4=O)cc31)CCNCC2. The Balaban J connectivity index is 1.35. The van der Waals surface area contributed by atoms with Crippen LogP contribution in [0.2, 0.25) is 0 Å². The molecule has 0 spiro atoms. The fourth-order valence-electron chi connectivity index (χ4n) is 4.49. The maximum absolute atomic E-state index is 12.7. The van der Waals surface area contributed by atoms with Crippen molar-refractivity contribution >= 4 is 10.9 Å². The molecule has 0 radical (unpaired) electrons. The van der Waals surface area contributed by atoms with Gasteiger partial charge in [0.2, 0.25) is 0 Å². The van der Waals surface area contributed by atoms with Crippen molar-refractivity contribution in [2.75, 3.05) is 26.2 Å². The van der Waals surface area contributed by atoms with Gasteiger partial charge < -0.3 is 19.9 Å². The van der Waals surface area contributed by atoms with Crippen molar-refractivity contribution in [3.8, 4) is 11.4 Å². The highest BCUT2D eigenvalue weighted by atomic mass is 19.4. The molecule has 0 fully saturated rings. The summed E-state index contributed by atoms with van der Waals surface area (Å²) in [5, 5.41) is 11.2. The van der Waals surface area contributed by atoms with Gasteiger partial charge in [0.15, 0.2) is 0 Å². The van der Waals surface area contributed by atoms with E-state index in [0.29, 0.717) is 11.3 Å². The first-order valence-corrected chi connectivity index (χ1v) is 11.1. The van der Waals surface area contributed by atoms with E-state index >= 15 is 0 Å². The van der Waals surface area contributed by atoms with E-state index in [1.807, 2.05) is 25.2 Å². The van der Waals surface area contributed by atoms with Gasteiger partial charge in [-0.1, -0.05) is 12.1 Å². The Morgan fingerprint density at radius 3 is 2.71 bits per heavy atom. The summed E-state index contributed by atoms with van der Waals surface area (Å²) in [5.41, 5.74) is 3.85. The third-order valence-electron chi connectivity index (χ3n) is 6.25. The highest BCUT2D eigenvalue weighted by Crippen LogP contribution is 2.29. The molecule has 0 atom stereocenters. The highest BCUT2D eigenvalue weighted by Gasteiger charge is 2.34. The molecule has 0 amide bonds. The van der Waals surface area contributed by atoms with Crippen LogP contribution in [0.15, 0.2) is 58.7 Å². The predicted octanol–water partition coefficient (Wildman–Crippen LogP) is 2.77. The molecule has 0 saturated carbocycles. The van der Waals surface area contributed by atoms with Crippen LogP contribution in [-0.4, -0.2) is 46.8 Å². The second-order valence-corrected chi connectivity index (χ2v) is 8.42. The molecule has 34 heavy (non-hydrogen) atoms. The molecule has 7 nitrogen and oxygen atoms in total. The number of dihydropyridines is 1. The molecule has 2 aromatic heterocycles. The van der Waals surface area contributed by atoms with Crippen molar-refractivity contribution in [1.82, 2.24) is 25.0 Å². The summed E-state index contributed by atoms with van der Waals surface area (Å²) >= 11 is 0. The Hall–Kier alpha value is -3.53. The summed E-state index contributed by atoms with van der Waals surface area (Å²) in [6.07, 6.45) is 1.31. The van der Waals surface area contributed by atoms with Gasteiger partial charge >= 0.3 is 6.18 Å². The van der Waals surface area contributed by atoms with Crippen LogP contribution in [0.25, 0.3) is 16.6 Å². The standard InChI is InChI=1S/C24H24F3N5O2/c1-31-20-7-9-28-8-6-19(20)18-4-3-16(10-21(18)31)32-23(33)11-17(13-30-32)34-14-15-2-5-22(29-12-15)24(25,26)27/h2-5,10-11,13,28-29H,6-9,12,14H2,1H3. The predicted molar refractivity (Wildman–Crippen MR) is 122 cm³/mol. The zero-order chi connectivity index (χ0) is 23.9. The number of nitrogens with one attached hydrogen (secondary N) is 2. The fourth-order valence-corrected chi connectivity index (χ4v) is 4.49. The first kappa shape index (κ1) is 22.3. The van der Waals surface area contributed by atoms with Gasteiger partial charge in [-0.2, -0.15) is 23.0 Å². The second kappa shape index (κ2) is 8.68. The van der Waals surface area contributed by atoms with Gasteiger partial charge in [-0.25, -0.2) is 0 Å². The van der Waals surface area contributed by atoms with Crippen molar-refractivity contribution in [3.63, 3.8) is 0 Å². The number of halogens is 3. The Labute approximate surface area is 193 Å². The van der Waals surface area contributed by atoms with Crippen molar-refractivity contribution in [2.24, 2.45) is 7.05 Å². The minimum absolute atomic E-state index is 0.0204. The summed E-state index contributed by atoms with van der Waals surface area (Å²) in [6.45, 7) is 1.96. The Bertz CT molecular complexity index is 1370. The van der Waals surface area contributed by atoms with Crippen LogP contribution in [0.3, 0.4) is 0 Å². The summed E-state index contributed by atoms with van der Waals surface area (Å²) in [4.78, 5) is 12.7. The lowest BCUT2D eigenvalue weighted by atomic mass is 10.1. The van der Waals surface area contributed by atoms with Crippen molar-refractivity contribution < 1.29 is 17.9 Å². The second-order valence-electron chi connectivity index (χ2n) is 8.42. The molecule has 0 saturated heterocycles. The maximum atomic E-state index is 12.7. The van der Waals surface area contributed by atoms with Gasteiger partial charge in [0.1, 0.15) is 18.1 Å². The minimum Gasteiger partial charge on any atom is -0.487 e. The van der Waals surface area contributed by atoms with Gasteiger partial charge in [0.25, 0.3) is 5.56 Å². The number of nitrogens with zero attached hydrogens (tertiary/aromatic N) is 3. The lowest BCUT2D eigenvalue weighted by molar-refractivity contribution is -0.0967. The zero-order valence-electron chi connectivity index (χ0n) is 18.6. The number of rotatable bonds is 4. The molecule has 2 aliphatic heterocycles. The normalized spacial score (nSPS) is 16.4. The number of allylic oxidation sites excluding steroid dienone is 3. The van der Waals surface area contributed by atoms with E-state index in [9.17, 15) is 18.0 Å². The molecule has 0 bridgehead atoms. The molecule has 2 N–H and O–H groups in total. The average molecular weight is 471 g/mol. The van der Waals surface area contributed by atoms with Gasteiger partial charge in [0, 0.05) is 43.7 Å². The molecule has 0 aliphatic carbocycles. The third-order valence-corrected chi connectivity index (χ3v) is 6.25. The van der Waals surface area contributed by atoms with Crippen molar-refractivity contribution in [3.05, 3.63) is 75.5 Å². The van der Waals surface area contributed by atoms with Crippen LogP contribution in [0.4, 0.5) is 13.2 Å². The molecule has 5 rings (SSSR count). The van der Waals surface area contributed by atoms with E-state index in [1.54, 1.807) is 0 Å². The summed E-state index contributed by atoms with van der Waals surface area (Å²) < 4.78 is 47.1. The van der Waals surface area contributed by atoms with Gasteiger partial charge in [-0.05, 0) is 42.3 Å². The molecule has 1 aromatic carbocycles. The van der Waals surface area contributed by atoms with E-state index in [4.69, 9.17) is 4.74 Å². The molecule has 2 aliphatic rings. The highest BCUT2D eigenvalue weighted by molar-refractivity contribution is 5.87. The largest absolute Gasteiger partial charge is 0.487 e. The quantitative estimate of drug-likeness (QED) is 0.612. The first-order valence-electron chi connectivity index (χ1n) is 11.1. The Kier molecular flexibility index (Phi) is 5.68. The summed E-state index contributed by atoms with van der Waals surface area (Å²) in [6, 6.07) is 7.23. The molecular weight excluding hydrogens is 447 g/mol. The summed E-state index contributed by atoms with van der Waals surface area (Å²) in [7, 11) is 2.05. The van der Waals surface area contributed by atoms with Crippen molar-refractivity contribution in [2.45, 2.75) is 19.0 Å². The third kappa shape index (κ3) is 4.21. The minimum atomic E-state index is -4.41. The smallest absolute Gasteiger partial charge is 0.430 e. The number of aromatic nitrogens is 3. The number of benzene rings is 1. The van der Waals surface area contributed by atoms with Gasteiger partial charge in [-0.15, -0.1) is 0 Å². The Morgan fingerprint density at radius 2 is 1.97 bits per heavy atom. The number of hydrogen-bond donors (Lipinski definition) is 2. The van der Waals surface area contributed by atoms with E-state index in [2.05, 4.69) is 20.3 Å².